The van der Waals surface area contributed by atoms with Gasteiger partial charge < -0.3 is 0 Å². The van der Waals surface area contributed by atoms with E-state index in [1.54, 1.807) is 11.3 Å². The maximum atomic E-state index is 9.05. The summed E-state index contributed by atoms with van der Waals surface area (Å²) < 4.78 is 0. The van der Waals surface area contributed by atoms with Crippen molar-refractivity contribution in [1.82, 2.24) is 9.97 Å². The average Bonchev–Trinajstić information content (AvgIpc) is 2.93. The first kappa shape index (κ1) is 13.5. The zero-order valence-corrected chi connectivity index (χ0v) is 12.6. The van der Waals surface area contributed by atoms with Crippen molar-refractivity contribution in [1.29, 1.82) is 5.26 Å². The maximum Gasteiger partial charge on any atom is 0.0991 e. The molecule has 3 nitrogen and oxygen atoms in total. The first-order valence-corrected chi connectivity index (χ1v) is 7.44. The Morgan fingerprint density at radius 1 is 1.05 bits per heavy atom. The molecule has 0 aliphatic heterocycles. The third-order valence-corrected chi connectivity index (χ3v) is 3.95. The lowest BCUT2D eigenvalue weighted by Gasteiger charge is -2.04. The largest absolute Gasteiger partial charge is 0.256 e. The highest BCUT2D eigenvalue weighted by Gasteiger charge is 2.06. The Labute approximate surface area is 127 Å². The first-order chi connectivity index (χ1) is 10.2. The van der Waals surface area contributed by atoms with Crippen LogP contribution in [0.4, 0.5) is 0 Å². The molecule has 0 bridgehead atoms. The fraction of sp³-hybridized carbons (Fsp3) is 0.118. The van der Waals surface area contributed by atoms with Crippen LogP contribution in [0, 0.1) is 25.2 Å². The van der Waals surface area contributed by atoms with Gasteiger partial charge in [0.15, 0.2) is 0 Å². The molecule has 102 valence electrons. The van der Waals surface area contributed by atoms with E-state index in [9.17, 15) is 0 Å². The van der Waals surface area contributed by atoms with E-state index < -0.39 is 0 Å². The Kier molecular flexibility index (Phi) is 3.51. The van der Waals surface area contributed by atoms with E-state index in [0.717, 1.165) is 33.1 Å². The molecule has 0 N–H and O–H groups in total. The van der Waals surface area contributed by atoms with Gasteiger partial charge in [0.1, 0.15) is 0 Å². The van der Waals surface area contributed by atoms with Crippen molar-refractivity contribution in [3.8, 4) is 28.6 Å². The summed E-state index contributed by atoms with van der Waals surface area (Å²) in [4.78, 5) is 8.97. The van der Waals surface area contributed by atoms with Gasteiger partial charge in [-0.2, -0.15) is 5.26 Å². The fourth-order valence-corrected chi connectivity index (χ4v) is 2.83. The number of pyridine rings is 1. The SMILES string of the molecule is Cc1cc(C#N)cc(-c2ccc(-c3csc(C)n3)cn2)c1. The lowest BCUT2D eigenvalue weighted by Crippen LogP contribution is -1.88. The van der Waals surface area contributed by atoms with Gasteiger partial charge in [-0.1, -0.05) is 0 Å². The Morgan fingerprint density at radius 2 is 1.90 bits per heavy atom. The van der Waals surface area contributed by atoms with E-state index >= 15 is 0 Å². The molecule has 0 unspecified atom stereocenters. The van der Waals surface area contributed by atoms with Crippen molar-refractivity contribution in [2.45, 2.75) is 13.8 Å². The van der Waals surface area contributed by atoms with Crippen LogP contribution in [0.15, 0.2) is 41.9 Å². The standard InChI is InChI=1S/C17H13N3S/c1-11-5-13(8-18)7-15(6-11)16-4-3-14(9-19-16)17-10-21-12(2)20-17/h3-7,9-10H,1-2H3. The van der Waals surface area contributed by atoms with Gasteiger partial charge in [0.05, 0.1) is 28.0 Å². The number of benzene rings is 1. The molecule has 0 aliphatic rings. The van der Waals surface area contributed by atoms with E-state index in [2.05, 4.69) is 16.0 Å². The van der Waals surface area contributed by atoms with E-state index in [-0.39, 0.29) is 0 Å². The average molecular weight is 291 g/mol. The minimum atomic E-state index is 0.658. The molecule has 0 saturated carbocycles. The Hall–Kier alpha value is -2.51. The van der Waals surface area contributed by atoms with Gasteiger partial charge >= 0.3 is 0 Å². The van der Waals surface area contributed by atoms with Crippen molar-refractivity contribution in [3.63, 3.8) is 0 Å². The summed E-state index contributed by atoms with van der Waals surface area (Å²) >= 11 is 1.63. The van der Waals surface area contributed by atoms with Crippen LogP contribution in [0.25, 0.3) is 22.5 Å². The zero-order chi connectivity index (χ0) is 14.8. The smallest absolute Gasteiger partial charge is 0.0991 e. The van der Waals surface area contributed by atoms with Crippen LogP contribution < -0.4 is 0 Å². The number of rotatable bonds is 2. The summed E-state index contributed by atoms with van der Waals surface area (Å²) in [6, 6.07) is 11.9. The second kappa shape index (κ2) is 5.47. The van der Waals surface area contributed by atoms with Crippen molar-refractivity contribution in [3.05, 3.63) is 58.0 Å². The molecule has 2 aromatic heterocycles. The molecule has 0 saturated heterocycles. The number of aryl methyl sites for hydroxylation is 2. The van der Waals surface area contributed by atoms with Crippen molar-refractivity contribution in [2.24, 2.45) is 0 Å². The van der Waals surface area contributed by atoms with E-state index in [4.69, 9.17) is 5.26 Å². The van der Waals surface area contributed by atoms with Crippen LogP contribution in [0.1, 0.15) is 16.1 Å². The molecule has 0 aliphatic carbocycles. The monoisotopic (exact) mass is 291 g/mol. The third kappa shape index (κ3) is 2.83. The molecular formula is C17H13N3S. The number of aromatic nitrogens is 2. The minimum absolute atomic E-state index is 0.658. The van der Waals surface area contributed by atoms with Gasteiger partial charge in [0.2, 0.25) is 0 Å². The third-order valence-electron chi connectivity index (χ3n) is 3.18. The summed E-state index contributed by atoms with van der Waals surface area (Å²) in [5.74, 6) is 0. The Balaban J connectivity index is 1.98. The molecule has 0 amide bonds. The lowest BCUT2D eigenvalue weighted by molar-refractivity contribution is 1.27. The molecule has 1 aromatic carbocycles. The minimum Gasteiger partial charge on any atom is -0.256 e. The van der Waals surface area contributed by atoms with Crippen LogP contribution in [0.5, 0.6) is 0 Å². The number of nitriles is 1. The first-order valence-electron chi connectivity index (χ1n) is 6.56. The van der Waals surface area contributed by atoms with Gasteiger partial charge in [0.25, 0.3) is 0 Å². The summed E-state index contributed by atoms with van der Waals surface area (Å²) in [5, 5.41) is 12.1. The second-order valence-corrected chi connectivity index (χ2v) is 5.95. The van der Waals surface area contributed by atoms with Crippen LogP contribution >= 0.6 is 11.3 Å². The van der Waals surface area contributed by atoms with Crippen LogP contribution in [-0.2, 0) is 0 Å². The predicted octanol–water partition coefficient (Wildman–Crippen LogP) is 4.36. The predicted molar refractivity (Wildman–Crippen MR) is 85.0 cm³/mol. The van der Waals surface area contributed by atoms with Gasteiger partial charge in [-0.05, 0) is 49.7 Å². The van der Waals surface area contributed by atoms with Gasteiger partial charge in [-0.3, -0.25) is 4.98 Å². The molecule has 0 fully saturated rings. The van der Waals surface area contributed by atoms with E-state index in [0.29, 0.717) is 5.56 Å². The number of thiazole rings is 1. The Bertz CT molecular complexity index is 826. The molecular weight excluding hydrogens is 278 g/mol. The molecule has 4 heteroatoms. The van der Waals surface area contributed by atoms with Crippen molar-refractivity contribution in [2.75, 3.05) is 0 Å². The summed E-state index contributed by atoms with van der Waals surface area (Å²) in [6.45, 7) is 3.98. The van der Waals surface area contributed by atoms with Crippen LogP contribution in [0.2, 0.25) is 0 Å². The van der Waals surface area contributed by atoms with Crippen LogP contribution in [-0.4, -0.2) is 9.97 Å². The maximum absolute atomic E-state index is 9.05. The van der Waals surface area contributed by atoms with Gasteiger partial charge in [0, 0.05) is 22.7 Å². The summed E-state index contributed by atoms with van der Waals surface area (Å²) in [5.41, 5.74) is 5.52. The topological polar surface area (TPSA) is 49.6 Å². The molecule has 0 radical (unpaired) electrons. The highest BCUT2D eigenvalue weighted by Crippen LogP contribution is 2.25. The highest BCUT2D eigenvalue weighted by molar-refractivity contribution is 7.09. The van der Waals surface area contributed by atoms with E-state index in [1.807, 2.05) is 55.8 Å². The summed E-state index contributed by atoms with van der Waals surface area (Å²) in [7, 11) is 0. The van der Waals surface area contributed by atoms with Gasteiger partial charge in [-0.15, -0.1) is 11.3 Å². The molecule has 0 atom stereocenters. The number of hydrogen-bond donors (Lipinski definition) is 0. The molecule has 3 rings (SSSR count). The van der Waals surface area contributed by atoms with Gasteiger partial charge in [-0.25, -0.2) is 4.98 Å². The summed E-state index contributed by atoms with van der Waals surface area (Å²) in [6.07, 6.45) is 1.83. The van der Waals surface area contributed by atoms with Crippen molar-refractivity contribution < 1.29 is 0 Å². The molecule has 21 heavy (non-hydrogen) atoms. The quantitative estimate of drug-likeness (QED) is 0.705. The molecule has 0 spiro atoms. The lowest BCUT2D eigenvalue weighted by atomic mass is 10.0. The van der Waals surface area contributed by atoms with Crippen LogP contribution in [0.3, 0.4) is 0 Å². The highest BCUT2D eigenvalue weighted by atomic mass is 32.1. The fourth-order valence-electron chi connectivity index (χ4n) is 2.21. The number of nitrogens with zero attached hydrogens (tertiary/aromatic N) is 3. The Morgan fingerprint density at radius 3 is 2.52 bits per heavy atom. The van der Waals surface area contributed by atoms with E-state index in [1.165, 1.54) is 0 Å². The zero-order valence-electron chi connectivity index (χ0n) is 11.8. The molecule has 2 heterocycles. The second-order valence-electron chi connectivity index (χ2n) is 4.88. The molecule has 3 aromatic rings. The number of hydrogen-bond acceptors (Lipinski definition) is 4. The normalized spacial score (nSPS) is 10.3. The van der Waals surface area contributed by atoms with Crippen molar-refractivity contribution >= 4 is 11.3 Å².